The molecule has 2 N–H and O–H groups in total. The van der Waals surface area contributed by atoms with Gasteiger partial charge >= 0.3 is 0 Å². The van der Waals surface area contributed by atoms with Crippen LogP contribution >= 0.6 is 0 Å². The van der Waals surface area contributed by atoms with E-state index in [-0.39, 0.29) is 17.7 Å². The van der Waals surface area contributed by atoms with Gasteiger partial charge in [0.05, 0.1) is 5.75 Å². The molecular formula is C14H22N2O2S. The van der Waals surface area contributed by atoms with Gasteiger partial charge in [-0.05, 0) is 24.3 Å². The molecule has 0 saturated carbocycles. The Morgan fingerprint density at radius 2 is 2.05 bits per heavy atom. The molecule has 4 nitrogen and oxygen atoms in total. The Hall–Kier alpha value is -0.910. The van der Waals surface area contributed by atoms with Crippen molar-refractivity contribution in [3.63, 3.8) is 0 Å². The van der Waals surface area contributed by atoms with Gasteiger partial charge in [0.15, 0.2) is 0 Å². The van der Waals surface area contributed by atoms with Gasteiger partial charge in [-0.2, -0.15) is 0 Å². The van der Waals surface area contributed by atoms with E-state index in [9.17, 15) is 8.42 Å². The van der Waals surface area contributed by atoms with Gasteiger partial charge in [-0.1, -0.05) is 37.3 Å². The zero-order valence-corrected chi connectivity index (χ0v) is 12.1. The summed E-state index contributed by atoms with van der Waals surface area (Å²) in [6, 6.07) is 9.75. The molecule has 1 fully saturated rings. The van der Waals surface area contributed by atoms with Crippen LogP contribution in [-0.2, 0) is 10.0 Å². The largest absolute Gasteiger partial charge is 0.327 e. The maximum atomic E-state index is 12.4. The van der Waals surface area contributed by atoms with Gasteiger partial charge in [-0.15, -0.1) is 0 Å². The van der Waals surface area contributed by atoms with E-state index in [1.807, 2.05) is 37.3 Å². The van der Waals surface area contributed by atoms with Gasteiger partial charge in [-0.3, -0.25) is 0 Å². The molecule has 0 aromatic heterocycles. The van der Waals surface area contributed by atoms with Crippen LogP contribution in [-0.4, -0.2) is 37.6 Å². The predicted octanol–water partition coefficient (Wildman–Crippen LogP) is 1.54. The van der Waals surface area contributed by atoms with Crippen LogP contribution in [0.1, 0.15) is 31.2 Å². The lowest BCUT2D eigenvalue weighted by Gasteiger charge is -2.30. The van der Waals surface area contributed by atoms with Crippen molar-refractivity contribution in [2.24, 2.45) is 5.73 Å². The van der Waals surface area contributed by atoms with Crippen LogP contribution in [0.4, 0.5) is 0 Å². The van der Waals surface area contributed by atoms with Crippen LogP contribution in [0.3, 0.4) is 0 Å². The minimum absolute atomic E-state index is 0.00403. The first-order valence-corrected chi connectivity index (χ1v) is 8.38. The van der Waals surface area contributed by atoms with E-state index in [2.05, 4.69) is 0 Å². The SMILES string of the molecule is CC(CS(=O)(=O)N1CCC[C@@H](N)C1)c1ccccc1. The summed E-state index contributed by atoms with van der Waals surface area (Å²) in [6.45, 7) is 3.03. The van der Waals surface area contributed by atoms with E-state index >= 15 is 0 Å². The Kier molecular flexibility index (Phi) is 4.60. The van der Waals surface area contributed by atoms with Crippen LogP contribution in [0.2, 0.25) is 0 Å². The highest BCUT2D eigenvalue weighted by molar-refractivity contribution is 7.89. The van der Waals surface area contributed by atoms with Crippen LogP contribution < -0.4 is 5.73 Å². The lowest BCUT2D eigenvalue weighted by atomic mass is 10.0. The molecule has 2 atom stereocenters. The minimum Gasteiger partial charge on any atom is -0.327 e. The monoisotopic (exact) mass is 282 g/mol. The number of hydrogen-bond acceptors (Lipinski definition) is 3. The summed E-state index contributed by atoms with van der Waals surface area (Å²) in [5.74, 6) is 0.161. The maximum Gasteiger partial charge on any atom is 0.214 e. The summed E-state index contributed by atoms with van der Waals surface area (Å²) in [4.78, 5) is 0. The first kappa shape index (κ1) is 14.5. The van der Waals surface area contributed by atoms with Crippen molar-refractivity contribution >= 4 is 10.0 Å². The second kappa shape index (κ2) is 6.03. The molecule has 0 aliphatic carbocycles. The van der Waals surface area contributed by atoms with Crippen molar-refractivity contribution in [2.45, 2.75) is 31.7 Å². The number of hydrogen-bond donors (Lipinski definition) is 1. The molecule has 1 saturated heterocycles. The average Bonchev–Trinajstić information content (AvgIpc) is 2.39. The highest BCUT2D eigenvalue weighted by atomic mass is 32.2. The Balaban J connectivity index is 2.04. The Bertz CT molecular complexity index is 501. The molecule has 2 rings (SSSR count). The van der Waals surface area contributed by atoms with Crippen molar-refractivity contribution in [1.82, 2.24) is 4.31 Å². The maximum absolute atomic E-state index is 12.4. The molecule has 19 heavy (non-hydrogen) atoms. The number of sulfonamides is 1. The number of piperidine rings is 1. The van der Waals surface area contributed by atoms with Crippen molar-refractivity contribution in [2.75, 3.05) is 18.8 Å². The van der Waals surface area contributed by atoms with E-state index in [1.54, 1.807) is 4.31 Å². The molecule has 0 radical (unpaired) electrons. The molecule has 1 aromatic rings. The normalized spacial score (nSPS) is 23.2. The van der Waals surface area contributed by atoms with Gasteiger partial charge in [0, 0.05) is 19.1 Å². The highest BCUT2D eigenvalue weighted by Crippen LogP contribution is 2.21. The minimum atomic E-state index is -3.21. The number of nitrogens with two attached hydrogens (primary N) is 1. The van der Waals surface area contributed by atoms with Gasteiger partial charge in [0.1, 0.15) is 0 Å². The summed E-state index contributed by atoms with van der Waals surface area (Å²) < 4.78 is 26.3. The van der Waals surface area contributed by atoms with E-state index in [0.29, 0.717) is 13.1 Å². The molecule has 1 aromatic carbocycles. The van der Waals surface area contributed by atoms with Crippen molar-refractivity contribution < 1.29 is 8.42 Å². The van der Waals surface area contributed by atoms with Crippen molar-refractivity contribution in [3.8, 4) is 0 Å². The average molecular weight is 282 g/mol. The van der Waals surface area contributed by atoms with Crippen LogP contribution in [0.15, 0.2) is 30.3 Å². The van der Waals surface area contributed by atoms with E-state index in [4.69, 9.17) is 5.73 Å². The smallest absolute Gasteiger partial charge is 0.214 e. The Morgan fingerprint density at radius 3 is 2.68 bits per heavy atom. The fraction of sp³-hybridized carbons (Fsp3) is 0.571. The third-order valence-corrected chi connectivity index (χ3v) is 5.68. The summed E-state index contributed by atoms with van der Waals surface area (Å²) in [5.41, 5.74) is 6.92. The lowest BCUT2D eigenvalue weighted by Crippen LogP contribution is -2.46. The standard InChI is InChI=1S/C14H22N2O2S/c1-12(13-6-3-2-4-7-13)11-19(17,18)16-9-5-8-14(15)10-16/h2-4,6-7,12,14H,5,8-11,15H2,1H3/t12?,14-/m1/s1. The van der Waals surface area contributed by atoms with Gasteiger partial charge in [-0.25, -0.2) is 12.7 Å². The summed E-state index contributed by atoms with van der Waals surface area (Å²) in [5, 5.41) is 0. The summed E-state index contributed by atoms with van der Waals surface area (Å²) >= 11 is 0. The van der Waals surface area contributed by atoms with E-state index in [1.165, 1.54) is 0 Å². The van der Waals surface area contributed by atoms with Crippen LogP contribution in [0.5, 0.6) is 0 Å². The summed E-state index contributed by atoms with van der Waals surface area (Å²) in [6.07, 6.45) is 1.78. The quantitative estimate of drug-likeness (QED) is 0.911. The molecule has 1 heterocycles. The molecule has 0 spiro atoms. The first-order chi connectivity index (χ1) is 8.99. The number of rotatable bonds is 4. The lowest BCUT2D eigenvalue weighted by molar-refractivity contribution is 0.315. The molecule has 1 unspecified atom stereocenters. The molecule has 106 valence electrons. The zero-order valence-electron chi connectivity index (χ0n) is 11.3. The third-order valence-electron chi connectivity index (χ3n) is 3.64. The zero-order chi connectivity index (χ0) is 13.9. The molecular weight excluding hydrogens is 260 g/mol. The second-order valence-corrected chi connectivity index (χ2v) is 7.36. The molecule has 1 aliphatic rings. The first-order valence-electron chi connectivity index (χ1n) is 6.77. The van der Waals surface area contributed by atoms with Gasteiger partial charge < -0.3 is 5.73 Å². The third kappa shape index (κ3) is 3.78. The number of benzene rings is 1. The predicted molar refractivity (Wildman–Crippen MR) is 77.4 cm³/mol. The molecule has 1 aliphatic heterocycles. The fourth-order valence-electron chi connectivity index (χ4n) is 2.53. The van der Waals surface area contributed by atoms with Crippen LogP contribution in [0.25, 0.3) is 0 Å². The van der Waals surface area contributed by atoms with Crippen molar-refractivity contribution in [1.29, 1.82) is 0 Å². The second-order valence-electron chi connectivity index (χ2n) is 5.35. The topological polar surface area (TPSA) is 63.4 Å². The van der Waals surface area contributed by atoms with E-state index in [0.717, 1.165) is 18.4 Å². The number of nitrogens with zero attached hydrogens (tertiary/aromatic N) is 1. The Morgan fingerprint density at radius 1 is 1.37 bits per heavy atom. The summed E-state index contributed by atoms with van der Waals surface area (Å²) in [7, 11) is -3.21. The van der Waals surface area contributed by atoms with Gasteiger partial charge in [0.25, 0.3) is 0 Å². The molecule has 0 amide bonds. The molecule has 0 bridgehead atoms. The van der Waals surface area contributed by atoms with Crippen molar-refractivity contribution in [3.05, 3.63) is 35.9 Å². The highest BCUT2D eigenvalue weighted by Gasteiger charge is 2.28. The Labute approximate surface area is 115 Å². The molecule has 5 heteroatoms. The van der Waals surface area contributed by atoms with E-state index < -0.39 is 10.0 Å². The van der Waals surface area contributed by atoms with Crippen LogP contribution in [0, 0.1) is 0 Å². The fourth-order valence-corrected chi connectivity index (χ4v) is 4.39. The van der Waals surface area contributed by atoms with Gasteiger partial charge in [0.2, 0.25) is 10.0 Å².